The maximum absolute atomic E-state index is 13.1. The lowest BCUT2D eigenvalue weighted by molar-refractivity contribution is -0.142. The van der Waals surface area contributed by atoms with Crippen LogP contribution in [-0.4, -0.2) is 37.3 Å². The van der Waals surface area contributed by atoms with Crippen molar-refractivity contribution in [2.24, 2.45) is 0 Å². The number of halogens is 1. The van der Waals surface area contributed by atoms with Crippen LogP contribution < -0.4 is 0 Å². The number of rotatable bonds is 2. The second-order valence-corrected chi connectivity index (χ2v) is 6.30. The summed E-state index contributed by atoms with van der Waals surface area (Å²) in [5.41, 5.74) is 2.62. The molecule has 1 aliphatic heterocycles. The predicted octanol–water partition coefficient (Wildman–Crippen LogP) is 2.64. The van der Waals surface area contributed by atoms with Crippen LogP contribution >= 0.6 is 11.6 Å². The zero-order chi connectivity index (χ0) is 17.6. The van der Waals surface area contributed by atoms with Crippen molar-refractivity contribution in [1.29, 1.82) is 0 Å². The predicted molar refractivity (Wildman–Crippen MR) is 91.6 cm³/mol. The molecule has 4 rings (SSSR count). The van der Waals surface area contributed by atoms with E-state index in [1.165, 1.54) is 4.90 Å². The molecule has 2 aromatic heterocycles. The molecule has 0 aliphatic carbocycles. The number of aromatic nitrogens is 2. The quantitative estimate of drug-likeness (QED) is 0.766. The van der Waals surface area contributed by atoms with E-state index in [1.54, 1.807) is 28.8 Å². The number of benzene rings is 1. The SMILES string of the molecule is O=C(O)[C@H]1Cc2ccccc2CN1C(=O)c1c(Cl)nc2ccccn12. The Hall–Kier alpha value is -2.86. The molecule has 0 spiro atoms. The largest absolute Gasteiger partial charge is 0.480 e. The Morgan fingerprint density at radius 1 is 1.12 bits per heavy atom. The number of hydrogen-bond acceptors (Lipinski definition) is 3. The molecule has 0 unspecified atom stereocenters. The molecule has 3 heterocycles. The monoisotopic (exact) mass is 355 g/mol. The van der Waals surface area contributed by atoms with Crippen LogP contribution in [0.5, 0.6) is 0 Å². The van der Waals surface area contributed by atoms with Crippen LogP contribution in [0.1, 0.15) is 21.6 Å². The van der Waals surface area contributed by atoms with Crippen molar-refractivity contribution in [3.8, 4) is 0 Å². The molecular weight excluding hydrogens is 342 g/mol. The molecule has 0 radical (unpaired) electrons. The van der Waals surface area contributed by atoms with Gasteiger partial charge in [-0.25, -0.2) is 9.78 Å². The molecule has 0 bridgehead atoms. The first kappa shape index (κ1) is 15.7. The Kier molecular flexibility index (Phi) is 3.69. The number of carbonyl (C=O) groups is 2. The highest BCUT2D eigenvalue weighted by Gasteiger charge is 2.36. The van der Waals surface area contributed by atoms with Gasteiger partial charge in [0, 0.05) is 19.2 Å². The summed E-state index contributed by atoms with van der Waals surface area (Å²) in [5, 5.41) is 9.68. The Morgan fingerprint density at radius 2 is 1.84 bits per heavy atom. The first-order valence-corrected chi connectivity index (χ1v) is 8.17. The number of imidazole rings is 1. The summed E-state index contributed by atoms with van der Waals surface area (Å²) in [6.45, 7) is 0.225. The molecule has 126 valence electrons. The van der Waals surface area contributed by atoms with E-state index < -0.39 is 17.9 Å². The van der Waals surface area contributed by atoms with E-state index >= 15 is 0 Å². The summed E-state index contributed by atoms with van der Waals surface area (Å²) in [6.07, 6.45) is 1.96. The van der Waals surface area contributed by atoms with Gasteiger partial charge >= 0.3 is 5.97 Å². The Labute approximate surface area is 148 Å². The Balaban J connectivity index is 1.80. The van der Waals surface area contributed by atoms with Crippen LogP contribution in [0.2, 0.25) is 5.15 Å². The second-order valence-electron chi connectivity index (χ2n) is 5.94. The number of carboxylic acid groups (broad SMARTS) is 1. The third-order valence-electron chi connectivity index (χ3n) is 4.48. The molecule has 6 nitrogen and oxygen atoms in total. The van der Waals surface area contributed by atoms with Crippen LogP contribution in [0.4, 0.5) is 0 Å². The third-order valence-corrected chi connectivity index (χ3v) is 4.75. The van der Waals surface area contributed by atoms with E-state index in [0.29, 0.717) is 5.65 Å². The van der Waals surface area contributed by atoms with Gasteiger partial charge in [0.25, 0.3) is 5.91 Å². The number of hydrogen-bond donors (Lipinski definition) is 1. The minimum Gasteiger partial charge on any atom is -0.480 e. The Morgan fingerprint density at radius 3 is 2.60 bits per heavy atom. The summed E-state index contributed by atoms with van der Waals surface area (Å²) < 4.78 is 1.59. The van der Waals surface area contributed by atoms with Gasteiger partial charge in [0.1, 0.15) is 11.7 Å². The first-order valence-electron chi connectivity index (χ1n) is 7.79. The van der Waals surface area contributed by atoms with Crippen LogP contribution in [0.15, 0.2) is 48.7 Å². The standard InChI is InChI=1S/C18H14ClN3O3/c19-16-15(21-8-4-3-7-14(21)20-16)17(23)22-10-12-6-2-1-5-11(12)9-13(22)18(24)25/h1-8,13H,9-10H2,(H,24,25)/t13-/m1/s1. The van der Waals surface area contributed by atoms with Gasteiger partial charge in [0.15, 0.2) is 10.8 Å². The zero-order valence-electron chi connectivity index (χ0n) is 13.1. The zero-order valence-corrected chi connectivity index (χ0v) is 13.8. The van der Waals surface area contributed by atoms with Crippen molar-refractivity contribution in [2.45, 2.75) is 19.0 Å². The van der Waals surface area contributed by atoms with Crippen molar-refractivity contribution in [1.82, 2.24) is 14.3 Å². The fourth-order valence-corrected chi connectivity index (χ4v) is 3.51. The van der Waals surface area contributed by atoms with Gasteiger partial charge < -0.3 is 10.0 Å². The topological polar surface area (TPSA) is 74.9 Å². The maximum Gasteiger partial charge on any atom is 0.326 e. The van der Waals surface area contributed by atoms with E-state index in [-0.39, 0.29) is 23.8 Å². The number of carbonyl (C=O) groups excluding carboxylic acids is 1. The average Bonchev–Trinajstić information content (AvgIpc) is 2.95. The number of nitrogens with zero attached hydrogens (tertiary/aromatic N) is 3. The molecule has 25 heavy (non-hydrogen) atoms. The summed E-state index contributed by atoms with van der Waals surface area (Å²) in [6, 6.07) is 11.9. The van der Waals surface area contributed by atoms with Crippen molar-refractivity contribution in [3.63, 3.8) is 0 Å². The van der Waals surface area contributed by atoms with Gasteiger partial charge in [-0.15, -0.1) is 0 Å². The summed E-state index contributed by atoms with van der Waals surface area (Å²) in [7, 11) is 0. The molecule has 0 saturated heterocycles. The normalized spacial score (nSPS) is 16.7. The van der Waals surface area contributed by atoms with E-state index in [9.17, 15) is 14.7 Å². The van der Waals surface area contributed by atoms with Crippen LogP contribution in [-0.2, 0) is 17.8 Å². The van der Waals surface area contributed by atoms with Crippen LogP contribution in [0.25, 0.3) is 5.65 Å². The maximum atomic E-state index is 13.1. The number of aliphatic carboxylic acids is 1. The van der Waals surface area contributed by atoms with Crippen molar-refractivity contribution in [3.05, 3.63) is 70.6 Å². The fraction of sp³-hybridized carbons (Fsp3) is 0.167. The van der Waals surface area contributed by atoms with Crippen LogP contribution in [0, 0.1) is 0 Å². The average molecular weight is 356 g/mol. The summed E-state index contributed by atoms with van der Waals surface area (Å²) >= 11 is 6.18. The fourth-order valence-electron chi connectivity index (χ4n) is 3.25. The summed E-state index contributed by atoms with van der Waals surface area (Å²) in [5.74, 6) is -1.47. The van der Waals surface area contributed by atoms with Gasteiger partial charge in [-0.05, 0) is 23.3 Å². The minimum absolute atomic E-state index is 0.0687. The molecule has 1 aromatic carbocycles. The number of carboxylic acids is 1. The van der Waals surface area contributed by atoms with E-state index in [4.69, 9.17) is 11.6 Å². The van der Waals surface area contributed by atoms with Crippen LogP contribution in [0.3, 0.4) is 0 Å². The van der Waals surface area contributed by atoms with Gasteiger partial charge in [0.05, 0.1) is 0 Å². The molecule has 1 atom stereocenters. The molecule has 0 saturated carbocycles. The van der Waals surface area contributed by atoms with Crippen molar-refractivity contribution in [2.75, 3.05) is 0 Å². The van der Waals surface area contributed by atoms with Gasteiger partial charge in [-0.1, -0.05) is 41.9 Å². The van der Waals surface area contributed by atoms with Gasteiger partial charge in [0.2, 0.25) is 0 Å². The van der Waals surface area contributed by atoms with Crippen molar-refractivity contribution < 1.29 is 14.7 Å². The van der Waals surface area contributed by atoms with E-state index in [2.05, 4.69) is 4.98 Å². The van der Waals surface area contributed by atoms with E-state index in [1.807, 2.05) is 24.3 Å². The first-order chi connectivity index (χ1) is 12.1. The molecule has 1 aliphatic rings. The van der Waals surface area contributed by atoms with Gasteiger partial charge in [-0.2, -0.15) is 0 Å². The second kappa shape index (κ2) is 5.89. The number of pyridine rings is 1. The minimum atomic E-state index is -1.03. The molecular formula is C18H14ClN3O3. The summed E-state index contributed by atoms with van der Waals surface area (Å²) in [4.78, 5) is 30.4. The highest BCUT2D eigenvalue weighted by atomic mass is 35.5. The highest BCUT2D eigenvalue weighted by Crippen LogP contribution is 2.27. The Bertz CT molecular complexity index is 998. The van der Waals surface area contributed by atoms with Gasteiger partial charge in [-0.3, -0.25) is 9.20 Å². The molecule has 1 amide bonds. The third kappa shape index (κ3) is 2.55. The van der Waals surface area contributed by atoms with Crippen molar-refractivity contribution >= 4 is 29.1 Å². The highest BCUT2D eigenvalue weighted by molar-refractivity contribution is 6.32. The molecule has 3 aromatic rings. The smallest absolute Gasteiger partial charge is 0.326 e. The lowest BCUT2D eigenvalue weighted by Gasteiger charge is -2.34. The molecule has 1 N–H and O–H groups in total. The molecule has 0 fully saturated rings. The lowest BCUT2D eigenvalue weighted by atomic mass is 9.93. The number of fused-ring (bicyclic) bond motifs is 2. The lowest BCUT2D eigenvalue weighted by Crippen LogP contribution is -2.49. The number of amides is 1. The van der Waals surface area contributed by atoms with E-state index in [0.717, 1.165) is 11.1 Å². The molecule has 7 heteroatoms.